The molecule has 10 heavy (non-hydrogen) atoms. The molecule has 0 saturated heterocycles. The number of rotatable bonds is 2. The van der Waals surface area contributed by atoms with Crippen LogP contribution in [0.1, 0.15) is 0 Å². The van der Waals surface area contributed by atoms with Gasteiger partial charge in [-0.1, -0.05) is 12.1 Å². The van der Waals surface area contributed by atoms with Crippen LogP contribution >= 0.6 is 22.6 Å². The Hall–Kier alpha value is -0.320. The second-order valence-electron chi connectivity index (χ2n) is 1.68. The van der Waals surface area contributed by atoms with E-state index in [1.54, 1.807) is 18.2 Å². The minimum atomic E-state index is -0.306. The van der Waals surface area contributed by atoms with Gasteiger partial charge in [0.1, 0.15) is 4.61 Å². The number of hydrogen-bond acceptors (Lipinski definition) is 1. The van der Waals surface area contributed by atoms with E-state index >= 15 is 0 Å². The van der Waals surface area contributed by atoms with E-state index in [1.807, 2.05) is 22.6 Å². The summed E-state index contributed by atoms with van der Waals surface area (Å²) in [5.41, 5.74) is 0. The van der Waals surface area contributed by atoms with Gasteiger partial charge in [0.25, 0.3) is 0 Å². The van der Waals surface area contributed by atoms with Crippen molar-refractivity contribution in [3.8, 4) is 5.75 Å². The molecule has 0 bridgehead atoms. The summed E-state index contributed by atoms with van der Waals surface area (Å²) in [6.45, 7) is 0. The highest BCUT2D eigenvalue weighted by molar-refractivity contribution is 14.1. The van der Waals surface area contributed by atoms with Gasteiger partial charge in [0.2, 0.25) is 0 Å². The lowest BCUT2D eigenvalue weighted by Crippen LogP contribution is -1.90. The van der Waals surface area contributed by atoms with Crippen molar-refractivity contribution < 1.29 is 9.13 Å². The fraction of sp³-hybridized carbons (Fsp3) is 0.143. The monoisotopic (exact) mass is 252 g/mol. The quantitative estimate of drug-likeness (QED) is 0.580. The fourth-order valence-electron chi connectivity index (χ4n) is 0.621. The van der Waals surface area contributed by atoms with Crippen molar-refractivity contribution in [2.75, 3.05) is 4.61 Å². The van der Waals surface area contributed by atoms with Crippen LogP contribution in [0.3, 0.4) is 0 Å². The molecule has 0 unspecified atom stereocenters. The first-order chi connectivity index (χ1) is 4.84. The van der Waals surface area contributed by atoms with Gasteiger partial charge in [-0.15, -0.1) is 0 Å². The van der Waals surface area contributed by atoms with Crippen LogP contribution in [0.2, 0.25) is 0 Å². The lowest BCUT2D eigenvalue weighted by atomic mass is 10.3. The highest BCUT2D eigenvalue weighted by Gasteiger charge is 1.97. The van der Waals surface area contributed by atoms with Crippen LogP contribution < -0.4 is 4.74 Å². The van der Waals surface area contributed by atoms with Crippen LogP contribution in [0, 0.1) is 5.82 Å². The van der Waals surface area contributed by atoms with Crippen LogP contribution in [-0.4, -0.2) is 4.61 Å². The van der Waals surface area contributed by atoms with Crippen molar-refractivity contribution in [3.05, 3.63) is 30.1 Å². The van der Waals surface area contributed by atoms with Crippen molar-refractivity contribution in [2.45, 2.75) is 0 Å². The second-order valence-corrected chi connectivity index (χ2v) is 2.31. The average Bonchev–Trinajstić information content (AvgIpc) is 1.94. The Kier molecular flexibility index (Phi) is 2.92. The zero-order chi connectivity index (χ0) is 7.40. The number of halogens is 2. The maximum absolute atomic E-state index is 12.6. The molecule has 0 fully saturated rings. The van der Waals surface area contributed by atoms with E-state index in [4.69, 9.17) is 4.74 Å². The smallest absolute Gasteiger partial charge is 0.165 e. The van der Waals surface area contributed by atoms with Gasteiger partial charge in [-0.2, -0.15) is 0 Å². The molecular formula is C7H6FIO. The van der Waals surface area contributed by atoms with Gasteiger partial charge >= 0.3 is 0 Å². The summed E-state index contributed by atoms with van der Waals surface area (Å²) in [6, 6.07) is 6.36. The molecule has 1 aromatic rings. The summed E-state index contributed by atoms with van der Waals surface area (Å²) in [5.74, 6) is 0.0102. The molecule has 0 aromatic heterocycles. The molecular weight excluding hydrogens is 246 g/mol. The second kappa shape index (κ2) is 3.75. The summed E-state index contributed by atoms with van der Waals surface area (Å²) >= 11 is 2.02. The van der Waals surface area contributed by atoms with E-state index in [-0.39, 0.29) is 5.82 Å². The zero-order valence-electron chi connectivity index (χ0n) is 5.18. The summed E-state index contributed by atoms with van der Waals surface area (Å²) in [5, 5.41) is 0. The third-order valence-electron chi connectivity index (χ3n) is 1.05. The van der Waals surface area contributed by atoms with Gasteiger partial charge in [-0.05, 0) is 34.7 Å². The zero-order valence-corrected chi connectivity index (χ0v) is 7.34. The molecule has 0 N–H and O–H groups in total. The first-order valence-electron chi connectivity index (χ1n) is 2.78. The SMILES string of the molecule is Fc1ccccc1OCI. The van der Waals surface area contributed by atoms with Crippen molar-refractivity contribution >= 4 is 22.6 Å². The minimum absolute atomic E-state index is 0.306. The number of alkyl halides is 1. The number of benzene rings is 1. The summed E-state index contributed by atoms with van der Waals surface area (Å²) < 4.78 is 18.1. The van der Waals surface area contributed by atoms with Gasteiger partial charge in [0.15, 0.2) is 11.6 Å². The molecule has 3 heteroatoms. The Labute approximate surface area is 72.3 Å². The maximum atomic E-state index is 12.6. The van der Waals surface area contributed by atoms with Gasteiger partial charge in [-0.25, -0.2) is 4.39 Å². The van der Waals surface area contributed by atoms with E-state index in [0.29, 0.717) is 10.4 Å². The highest BCUT2D eigenvalue weighted by Crippen LogP contribution is 2.15. The van der Waals surface area contributed by atoms with Crippen LogP contribution in [0.25, 0.3) is 0 Å². The van der Waals surface area contributed by atoms with E-state index in [2.05, 4.69) is 0 Å². The van der Waals surface area contributed by atoms with Crippen molar-refractivity contribution in [3.63, 3.8) is 0 Å². The lowest BCUT2D eigenvalue weighted by molar-refractivity contribution is 0.377. The molecule has 0 spiro atoms. The fourth-order valence-corrected chi connectivity index (χ4v) is 0.956. The van der Waals surface area contributed by atoms with Gasteiger partial charge < -0.3 is 4.74 Å². The molecule has 0 aliphatic heterocycles. The molecule has 0 atom stereocenters. The number of para-hydroxylation sites is 1. The molecule has 1 nitrogen and oxygen atoms in total. The molecule has 0 radical (unpaired) electrons. The van der Waals surface area contributed by atoms with Crippen LogP contribution in [0.4, 0.5) is 4.39 Å². The van der Waals surface area contributed by atoms with Gasteiger partial charge in [0, 0.05) is 0 Å². The highest BCUT2D eigenvalue weighted by atomic mass is 127. The van der Waals surface area contributed by atoms with Crippen molar-refractivity contribution in [2.24, 2.45) is 0 Å². The Balaban J connectivity index is 2.81. The van der Waals surface area contributed by atoms with Crippen LogP contribution in [0.5, 0.6) is 5.75 Å². The molecule has 0 saturated carbocycles. The van der Waals surface area contributed by atoms with Gasteiger partial charge in [0.05, 0.1) is 0 Å². The van der Waals surface area contributed by atoms with E-state index in [0.717, 1.165) is 0 Å². The molecule has 0 heterocycles. The summed E-state index contributed by atoms with van der Waals surface area (Å²) in [6.07, 6.45) is 0. The average molecular weight is 252 g/mol. The Morgan fingerprint density at radius 2 is 2.10 bits per heavy atom. The first kappa shape index (κ1) is 7.78. The Bertz CT molecular complexity index is 215. The van der Waals surface area contributed by atoms with Gasteiger partial charge in [-0.3, -0.25) is 0 Å². The van der Waals surface area contributed by atoms with Crippen molar-refractivity contribution in [1.82, 2.24) is 0 Å². The molecule has 0 aliphatic carbocycles. The molecule has 1 aromatic carbocycles. The van der Waals surface area contributed by atoms with Crippen molar-refractivity contribution in [1.29, 1.82) is 0 Å². The maximum Gasteiger partial charge on any atom is 0.165 e. The third kappa shape index (κ3) is 1.83. The van der Waals surface area contributed by atoms with Crippen LogP contribution in [-0.2, 0) is 0 Å². The Morgan fingerprint density at radius 3 is 2.70 bits per heavy atom. The standard InChI is InChI=1S/C7H6FIO/c8-6-3-1-2-4-7(6)10-5-9/h1-4H,5H2. The number of ether oxygens (including phenoxy) is 1. The first-order valence-corrected chi connectivity index (χ1v) is 4.30. The van der Waals surface area contributed by atoms with E-state index in [9.17, 15) is 4.39 Å². The molecule has 54 valence electrons. The molecule has 0 amide bonds. The van der Waals surface area contributed by atoms with E-state index < -0.39 is 0 Å². The number of hydrogen-bond donors (Lipinski definition) is 0. The third-order valence-corrected chi connectivity index (χ3v) is 1.36. The minimum Gasteiger partial charge on any atom is -0.480 e. The summed E-state index contributed by atoms with van der Waals surface area (Å²) in [7, 11) is 0. The summed E-state index contributed by atoms with van der Waals surface area (Å²) in [4.78, 5) is 0. The topological polar surface area (TPSA) is 9.23 Å². The largest absolute Gasteiger partial charge is 0.480 e. The molecule has 0 aliphatic rings. The predicted molar refractivity (Wildman–Crippen MR) is 45.9 cm³/mol. The Morgan fingerprint density at radius 1 is 1.40 bits per heavy atom. The normalized spacial score (nSPS) is 9.40. The van der Waals surface area contributed by atoms with Crippen LogP contribution in [0.15, 0.2) is 24.3 Å². The van der Waals surface area contributed by atoms with E-state index in [1.165, 1.54) is 6.07 Å². The lowest BCUT2D eigenvalue weighted by Gasteiger charge is -2.00. The predicted octanol–water partition coefficient (Wildman–Crippen LogP) is 2.60. The molecule has 1 rings (SSSR count).